The lowest BCUT2D eigenvalue weighted by molar-refractivity contribution is 0.852. The lowest BCUT2D eigenvalue weighted by atomic mass is 10.0. The predicted molar refractivity (Wildman–Crippen MR) is 110 cm³/mol. The Labute approximate surface area is 155 Å². The summed E-state index contributed by atoms with van der Waals surface area (Å²) >= 11 is 0. The van der Waals surface area contributed by atoms with Gasteiger partial charge in [-0.2, -0.15) is 0 Å². The van der Waals surface area contributed by atoms with Crippen molar-refractivity contribution in [1.82, 2.24) is 5.32 Å². The third kappa shape index (κ3) is 6.86. The highest BCUT2D eigenvalue weighted by atomic mass is 127. The second-order valence-electron chi connectivity index (χ2n) is 5.40. The maximum Gasteiger partial charge on any atom is 0.188 e. The summed E-state index contributed by atoms with van der Waals surface area (Å²) in [5.41, 5.74) is 10.5. The van der Waals surface area contributed by atoms with Crippen LogP contribution in [0.3, 0.4) is 0 Å². The van der Waals surface area contributed by atoms with Gasteiger partial charge in [-0.25, -0.2) is 4.99 Å². The van der Waals surface area contributed by atoms with Crippen LogP contribution in [-0.2, 0) is 6.42 Å². The first-order valence-electron chi connectivity index (χ1n) is 7.47. The van der Waals surface area contributed by atoms with Gasteiger partial charge in [0, 0.05) is 6.54 Å². The molecule has 0 radical (unpaired) electrons. The van der Waals surface area contributed by atoms with Crippen LogP contribution in [0.2, 0.25) is 0 Å². The van der Waals surface area contributed by atoms with Gasteiger partial charge in [0.25, 0.3) is 0 Å². The maximum atomic E-state index is 5.78. The average molecular weight is 421 g/mol. The molecule has 0 saturated heterocycles. The molecule has 0 fully saturated rings. The Bertz CT molecular complexity index is 633. The molecular weight excluding hydrogens is 397 g/mol. The Morgan fingerprint density at radius 1 is 1.04 bits per heavy atom. The molecule has 0 unspecified atom stereocenters. The molecule has 3 nitrogen and oxygen atoms in total. The van der Waals surface area contributed by atoms with Crippen LogP contribution in [0.4, 0.5) is 0 Å². The van der Waals surface area contributed by atoms with Crippen molar-refractivity contribution >= 4 is 29.9 Å². The molecule has 0 aliphatic carbocycles. The van der Waals surface area contributed by atoms with E-state index in [1.165, 1.54) is 16.7 Å². The minimum atomic E-state index is 0. The van der Waals surface area contributed by atoms with Gasteiger partial charge in [-0.3, -0.25) is 0 Å². The van der Waals surface area contributed by atoms with Crippen molar-refractivity contribution in [2.24, 2.45) is 10.7 Å². The monoisotopic (exact) mass is 421 g/mol. The minimum Gasteiger partial charge on any atom is -0.370 e. The molecule has 0 aliphatic rings. The molecular formula is C19H24IN3. The van der Waals surface area contributed by atoms with E-state index in [4.69, 9.17) is 5.73 Å². The number of hydrogen-bond acceptors (Lipinski definition) is 1. The van der Waals surface area contributed by atoms with Gasteiger partial charge in [-0.1, -0.05) is 66.7 Å². The van der Waals surface area contributed by atoms with E-state index < -0.39 is 0 Å². The van der Waals surface area contributed by atoms with E-state index >= 15 is 0 Å². The van der Waals surface area contributed by atoms with Gasteiger partial charge >= 0.3 is 0 Å². The van der Waals surface area contributed by atoms with Crippen LogP contribution in [0.25, 0.3) is 11.1 Å². The zero-order valence-corrected chi connectivity index (χ0v) is 15.8. The molecule has 2 aromatic carbocycles. The Balaban J connectivity index is 0.00000264. The van der Waals surface area contributed by atoms with E-state index in [1.807, 2.05) is 13.0 Å². The van der Waals surface area contributed by atoms with Crippen molar-refractivity contribution in [2.75, 3.05) is 13.1 Å². The Morgan fingerprint density at radius 3 is 2.26 bits per heavy atom. The zero-order valence-electron chi connectivity index (χ0n) is 13.5. The van der Waals surface area contributed by atoms with Crippen LogP contribution < -0.4 is 11.1 Å². The molecule has 23 heavy (non-hydrogen) atoms. The van der Waals surface area contributed by atoms with Crippen LogP contribution >= 0.6 is 24.0 Å². The number of rotatable bonds is 6. The third-order valence-electron chi connectivity index (χ3n) is 3.30. The predicted octanol–water partition coefficient (Wildman–Crippen LogP) is 3.99. The zero-order chi connectivity index (χ0) is 15.8. The van der Waals surface area contributed by atoms with Crippen LogP contribution in [0, 0.1) is 0 Å². The minimum absolute atomic E-state index is 0. The molecule has 0 atom stereocenters. The van der Waals surface area contributed by atoms with Crippen molar-refractivity contribution in [3.8, 4) is 11.1 Å². The fraction of sp³-hybridized carbons (Fsp3) is 0.211. The molecule has 3 N–H and O–H groups in total. The number of nitrogens with two attached hydrogens (primary N) is 1. The van der Waals surface area contributed by atoms with Gasteiger partial charge in [0.15, 0.2) is 5.96 Å². The van der Waals surface area contributed by atoms with Crippen molar-refractivity contribution in [2.45, 2.75) is 13.3 Å². The molecule has 2 aromatic rings. The summed E-state index contributed by atoms with van der Waals surface area (Å²) in [5.74, 6) is 0.476. The molecule has 0 saturated carbocycles. The fourth-order valence-corrected chi connectivity index (χ4v) is 2.11. The Hall–Kier alpha value is -1.82. The number of nitrogens with zero attached hydrogens (tertiary/aromatic N) is 1. The van der Waals surface area contributed by atoms with Gasteiger partial charge in [0.05, 0.1) is 6.54 Å². The van der Waals surface area contributed by atoms with Gasteiger partial charge in [0.1, 0.15) is 0 Å². The number of hydrogen-bond donors (Lipinski definition) is 2. The summed E-state index contributed by atoms with van der Waals surface area (Å²) in [7, 11) is 0. The normalized spacial score (nSPS) is 10.7. The highest BCUT2D eigenvalue weighted by molar-refractivity contribution is 14.0. The average Bonchev–Trinajstić information content (AvgIpc) is 2.54. The van der Waals surface area contributed by atoms with Crippen molar-refractivity contribution in [1.29, 1.82) is 0 Å². The Morgan fingerprint density at radius 2 is 1.65 bits per heavy atom. The third-order valence-corrected chi connectivity index (χ3v) is 3.30. The first-order chi connectivity index (χ1) is 10.6. The van der Waals surface area contributed by atoms with Gasteiger partial charge in [0.2, 0.25) is 0 Å². The highest BCUT2D eigenvalue weighted by Crippen LogP contribution is 2.19. The van der Waals surface area contributed by atoms with Crippen molar-refractivity contribution < 1.29 is 0 Å². The highest BCUT2D eigenvalue weighted by Gasteiger charge is 1.98. The lowest BCUT2D eigenvalue weighted by Gasteiger charge is -2.07. The van der Waals surface area contributed by atoms with E-state index in [-0.39, 0.29) is 24.0 Å². The van der Waals surface area contributed by atoms with Crippen LogP contribution in [0.5, 0.6) is 0 Å². The largest absolute Gasteiger partial charge is 0.370 e. The first kappa shape index (κ1) is 19.2. The van der Waals surface area contributed by atoms with Crippen LogP contribution in [-0.4, -0.2) is 19.0 Å². The molecule has 0 amide bonds. The summed E-state index contributed by atoms with van der Waals surface area (Å²) < 4.78 is 0. The molecule has 0 aliphatic heterocycles. The second-order valence-corrected chi connectivity index (χ2v) is 5.40. The lowest BCUT2D eigenvalue weighted by Crippen LogP contribution is -2.33. The molecule has 122 valence electrons. The topological polar surface area (TPSA) is 50.4 Å². The quantitative estimate of drug-likeness (QED) is 0.321. The maximum absolute atomic E-state index is 5.78. The second kappa shape index (κ2) is 10.0. The molecule has 0 spiro atoms. The fourth-order valence-electron chi connectivity index (χ4n) is 2.11. The molecule has 0 aromatic heterocycles. The summed E-state index contributed by atoms with van der Waals surface area (Å²) in [6, 6.07) is 19.0. The van der Waals surface area contributed by atoms with Crippen molar-refractivity contribution in [3.63, 3.8) is 0 Å². The number of halogens is 1. The first-order valence-corrected chi connectivity index (χ1v) is 7.47. The summed E-state index contributed by atoms with van der Waals surface area (Å²) in [6.07, 6.45) is 0.915. The van der Waals surface area contributed by atoms with E-state index in [0.29, 0.717) is 12.5 Å². The van der Waals surface area contributed by atoms with Crippen LogP contribution in [0.15, 0.2) is 71.7 Å². The van der Waals surface area contributed by atoms with Crippen molar-refractivity contribution in [3.05, 3.63) is 72.3 Å². The SMILES string of the molecule is C=C(C)CN=C(N)NCCc1ccc(-c2ccccc2)cc1.I. The molecule has 2 rings (SSSR count). The standard InChI is InChI=1S/C19H23N3.HI/c1-15(2)14-22-19(20)21-13-12-16-8-10-18(11-9-16)17-6-4-3-5-7-17;/h3-11H,1,12-14H2,2H3,(H3,20,21,22);1H. The molecule has 0 heterocycles. The van der Waals surface area contributed by atoms with E-state index in [1.54, 1.807) is 0 Å². The van der Waals surface area contributed by atoms with E-state index in [2.05, 4.69) is 65.4 Å². The number of guanidine groups is 1. The number of benzene rings is 2. The van der Waals surface area contributed by atoms with Gasteiger partial charge in [-0.05, 0) is 30.0 Å². The summed E-state index contributed by atoms with van der Waals surface area (Å²) in [5, 5.41) is 3.12. The Kier molecular flexibility index (Phi) is 8.40. The number of nitrogens with one attached hydrogen (secondary N) is 1. The van der Waals surface area contributed by atoms with E-state index in [9.17, 15) is 0 Å². The summed E-state index contributed by atoms with van der Waals surface area (Å²) in [4.78, 5) is 4.19. The molecule has 4 heteroatoms. The van der Waals surface area contributed by atoms with E-state index in [0.717, 1.165) is 18.5 Å². The van der Waals surface area contributed by atoms with Gasteiger partial charge < -0.3 is 11.1 Å². The molecule has 0 bridgehead atoms. The number of aliphatic imine (C=N–C) groups is 1. The van der Waals surface area contributed by atoms with Crippen LogP contribution in [0.1, 0.15) is 12.5 Å². The summed E-state index contributed by atoms with van der Waals surface area (Å²) in [6.45, 7) is 7.08. The smallest absolute Gasteiger partial charge is 0.188 e. The van der Waals surface area contributed by atoms with Gasteiger partial charge in [-0.15, -0.1) is 24.0 Å².